The second-order valence-electron chi connectivity index (χ2n) is 8.62. The van der Waals surface area contributed by atoms with Gasteiger partial charge in [-0.15, -0.1) is 12.4 Å². The number of ether oxygens (including phenoxy) is 1. The number of carbonyl (C=O) groups is 1. The van der Waals surface area contributed by atoms with E-state index in [9.17, 15) is 4.79 Å². The molecule has 0 spiro atoms. The van der Waals surface area contributed by atoms with Crippen molar-refractivity contribution in [3.8, 4) is 0 Å². The lowest BCUT2D eigenvalue weighted by Crippen LogP contribution is -2.46. The highest BCUT2D eigenvalue weighted by molar-refractivity contribution is 5.85. The fourth-order valence-electron chi connectivity index (χ4n) is 4.31. The lowest BCUT2D eigenvalue weighted by molar-refractivity contribution is -0.126. The molecule has 6 nitrogen and oxygen atoms in total. The fraction of sp³-hybridized carbons (Fsp3) is 0.789. The molecule has 148 valence electrons. The molecule has 0 aliphatic carbocycles. The normalized spacial score (nSPS) is 29.2. The van der Waals surface area contributed by atoms with Gasteiger partial charge in [0.1, 0.15) is 0 Å². The van der Waals surface area contributed by atoms with E-state index in [1.807, 2.05) is 19.4 Å². The Morgan fingerprint density at radius 1 is 1.42 bits per heavy atom. The summed E-state index contributed by atoms with van der Waals surface area (Å²) in [5.41, 5.74) is 1.24. The first kappa shape index (κ1) is 21.2. The molecule has 4 atom stereocenters. The van der Waals surface area contributed by atoms with E-state index in [4.69, 9.17) is 4.74 Å². The molecule has 2 unspecified atom stereocenters. The summed E-state index contributed by atoms with van der Waals surface area (Å²) in [4.78, 5) is 12.8. The number of aromatic nitrogens is 2. The predicted molar refractivity (Wildman–Crippen MR) is 104 cm³/mol. The molecule has 2 N–H and O–H groups in total. The zero-order chi connectivity index (χ0) is 18.0. The molecule has 1 amide bonds. The number of amides is 1. The Morgan fingerprint density at radius 2 is 2.19 bits per heavy atom. The summed E-state index contributed by atoms with van der Waals surface area (Å²) < 4.78 is 7.83. The molecule has 2 saturated heterocycles. The van der Waals surface area contributed by atoms with Crippen molar-refractivity contribution in [3.05, 3.63) is 18.0 Å². The maximum Gasteiger partial charge on any atom is 0.225 e. The number of aryl methyl sites for hydroxylation is 1. The lowest BCUT2D eigenvalue weighted by Gasteiger charge is -2.40. The van der Waals surface area contributed by atoms with E-state index in [1.165, 1.54) is 0 Å². The van der Waals surface area contributed by atoms with Crippen LogP contribution in [0.5, 0.6) is 0 Å². The Hall–Kier alpha value is -1.11. The molecule has 2 aliphatic rings. The van der Waals surface area contributed by atoms with Gasteiger partial charge < -0.3 is 15.4 Å². The van der Waals surface area contributed by atoms with Crippen LogP contribution in [0.1, 0.15) is 45.1 Å². The molecule has 26 heavy (non-hydrogen) atoms. The van der Waals surface area contributed by atoms with Crippen molar-refractivity contribution in [1.82, 2.24) is 20.4 Å². The molecular weight excluding hydrogens is 352 g/mol. The second kappa shape index (κ2) is 8.72. The van der Waals surface area contributed by atoms with E-state index in [1.54, 1.807) is 4.68 Å². The average Bonchev–Trinajstić information content (AvgIpc) is 3.20. The Morgan fingerprint density at radius 3 is 2.85 bits per heavy atom. The van der Waals surface area contributed by atoms with Gasteiger partial charge in [0, 0.05) is 51.3 Å². The van der Waals surface area contributed by atoms with E-state index in [2.05, 4.69) is 36.5 Å². The molecule has 2 fully saturated rings. The van der Waals surface area contributed by atoms with E-state index < -0.39 is 0 Å². The highest BCUT2D eigenvalue weighted by Crippen LogP contribution is 2.34. The number of hydrogen-bond donors (Lipinski definition) is 2. The molecule has 7 heteroatoms. The largest absolute Gasteiger partial charge is 0.377 e. The first-order valence-corrected chi connectivity index (χ1v) is 9.45. The highest BCUT2D eigenvalue weighted by Gasteiger charge is 2.38. The summed E-state index contributed by atoms with van der Waals surface area (Å²) in [6, 6.07) is 0. The number of nitrogens with one attached hydrogen (secondary N) is 2. The molecule has 0 radical (unpaired) electrons. The summed E-state index contributed by atoms with van der Waals surface area (Å²) >= 11 is 0. The molecule has 2 aliphatic heterocycles. The van der Waals surface area contributed by atoms with Crippen LogP contribution in [0.15, 0.2) is 12.4 Å². The van der Waals surface area contributed by atoms with Gasteiger partial charge in [-0.2, -0.15) is 5.10 Å². The Labute approximate surface area is 162 Å². The van der Waals surface area contributed by atoms with Crippen molar-refractivity contribution in [3.63, 3.8) is 0 Å². The minimum atomic E-state index is -0.0261. The van der Waals surface area contributed by atoms with Crippen LogP contribution in [0, 0.1) is 17.3 Å². The molecule has 1 aromatic rings. The van der Waals surface area contributed by atoms with Gasteiger partial charge in [0.15, 0.2) is 0 Å². The van der Waals surface area contributed by atoms with E-state index in [0.29, 0.717) is 12.5 Å². The van der Waals surface area contributed by atoms with Crippen molar-refractivity contribution in [2.75, 3.05) is 26.2 Å². The Kier molecular flexibility index (Phi) is 7.11. The Bertz CT molecular complexity index is 599. The number of hydrogen-bond acceptors (Lipinski definition) is 4. The summed E-state index contributed by atoms with van der Waals surface area (Å²) in [7, 11) is 1.91. The highest BCUT2D eigenvalue weighted by atomic mass is 35.5. The lowest BCUT2D eigenvalue weighted by atomic mass is 9.78. The zero-order valence-corrected chi connectivity index (χ0v) is 17.1. The van der Waals surface area contributed by atoms with Gasteiger partial charge in [0.2, 0.25) is 5.91 Å². The number of carbonyl (C=O) groups excluding carboxylic acids is 1. The van der Waals surface area contributed by atoms with Crippen LogP contribution in [-0.2, 0) is 16.6 Å². The van der Waals surface area contributed by atoms with Gasteiger partial charge in [-0.1, -0.05) is 20.8 Å². The van der Waals surface area contributed by atoms with Crippen molar-refractivity contribution >= 4 is 18.3 Å². The van der Waals surface area contributed by atoms with Crippen LogP contribution < -0.4 is 10.6 Å². The summed E-state index contributed by atoms with van der Waals surface area (Å²) in [6.07, 6.45) is 6.30. The van der Waals surface area contributed by atoms with Gasteiger partial charge in [-0.05, 0) is 23.8 Å². The molecule has 0 bridgehead atoms. The molecule has 3 rings (SSSR count). The van der Waals surface area contributed by atoms with E-state index in [0.717, 1.165) is 38.1 Å². The molecule has 1 aromatic heterocycles. The molecule has 0 aromatic carbocycles. The SMILES string of the molecule is Cl.Cn1cc([C@H]2CNC[C@@H]2C(=O)NCC2CCCOC2C(C)(C)C)cn1. The first-order valence-electron chi connectivity index (χ1n) is 9.45. The van der Waals surface area contributed by atoms with Crippen molar-refractivity contribution in [2.24, 2.45) is 24.3 Å². The van der Waals surface area contributed by atoms with Gasteiger partial charge in [-0.3, -0.25) is 9.48 Å². The van der Waals surface area contributed by atoms with Crippen LogP contribution in [0.2, 0.25) is 0 Å². The topological polar surface area (TPSA) is 68.2 Å². The second-order valence-corrected chi connectivity index (χ2v) is 8.62. The van der Waals surface area contributed by atoms with Gasteiger partial charge in [-0.25, -0.2) is 0 Å². The van der Waals surface area contributed by atoms with Gasteiger partial charge in [0.05, 0.1) is 18.2 Å². The monoisotopic (exact) mass is 384 g/mol. The summed E-state index contributed by atoms with van der Waals surface area (Å²) in [5, 5.41) is 10.8. The third-order valence-corrected chi connectivity index (χ3v) is 5.54. The minimum Gasteiger partial charge on any atom is -0.377 e. The number of halogens is 1. The number of nitrogens with zero attached hydrogens (tertiary/aromatic N) is 2. The third-order valence-electron chi connectivity index (χ3n) is 5.54. The summed E-state index contributed by atoms with van der Waals surface area (Å²) in [5.74, 6) is 0.720. The zero-order valence-electron chi connectivity index (χ0n) is 16.3. The maximum atomic E-state index is 12.8. The predicted octanol–water partition coefficient (Wildman–Crippen LogP) is 2.10. The fourth-order valence-corrected chi connectivity index (χ4v) is 4.31. The first-order chi connectivity index (χ1) is 11.9. The van der Waals surface area contributed by atoms with Crippen molar-refractivity contribution in [2.45, 2.75) is 45.6 Å². The quantitative estimate of drug-likeness (QED) is 0.834. The minimum absolute atomic E-state index is 0. The van der Waals surface area contributed by atoms with E-state index in [-0.39, 0.29) is 41.7 Å². The number of rotatable bonds is 4. The van der Waals surface area contributed by atoms with Gasteiger partial charge >= 0.3 is 0 Å². The molecule has 0 saturated carbocycles. The smallest absolute Gasteiger partial charge is 0.225 e. The van der Waals surface area contributed by atoms with Crippen molar-refractivity contribution < 1.29 is 9.53 Å². The van der Waals surface area contributed by atoms with Crippen LogP contribution in [-0.4, -0.2) is 48.0 Å². The van der Waals surface area contributed by atoms with Gasteiger partial charge in [0.25, 0.3) is 0 Å². The summed E-state index contributed by atoms with van der Waals surface area (Å²) in [6.45, 7) is 9.76. The molecule has 3 heterocycles. The van der Waals surface area contributed by atoms with Crippen LogP contribution >= 0.6 is 12.4 Å². The Balaban J connectivity index is 0.00000243. The van der Waals surface area contributed by atoms with Crippen molar-refractivity contribution in [1.29, 1.82) is 0 Å². The third kappa shape index (κ3) is 4.78. The maximum absolute atomic E-state index is 12.8. The molecular formula is C19H33ClN4O2. The average molecular weight is 385 g/mol. The van der Waals surface area contributed by atoms with Crippen LogP contribution in [0.3, 0.4) is 0 Å². The van der Waals surface area contributed by atoms with Crippen LogP contribution in [0.25, 0.3) is 0 Å². The van der Waals surface area contributed by atoms with E-state index >= 15 is 0 Å². The standard InChI is InChI=1S/C19H32N4O2.ClH/c1-19(2,3)17-13(6-5-7-25-17)8-21-18(24)16-11-20-10-15(16)14-9-22-23(4)12-14;/h9,12-13,15-17,20H,5-8,10-11H2,1-4H3,(H,21,24);1H/t13?,15-,16+,17?;/m1./s1. The van der Waals surface area contributed by atoms with Crippen LogP contribution in [0.4, 0.5) is 0 Å².